The second-order valence-electron chi connectivity index (χ2n) is 6.85. The Morgan fingerprint density at radius 3 is 1.79 bits per heavy atom. The van der Waals surface area contributed by atoms with Gasteiger partial charge in [0.2, 0.25) is 0 Å². The van der Waals surface area contributed by atoms with Gasteiger partial charge in [-0.1, -0.05) is 79.1 Å². The van der Waals surface area contributed by atoms with E-state index in [1.807, 2.05) is 0 Å². The van der Waals surface area contributed by atoms with Gasteiger partial charge in [0.15, 0.2) is 0 Å². The van der Waals surface area contributed by atoms with E-state index in [0.717, 1.165) is 12.8 Å². The van der Waals surface area contributed by atoms with Crippen molar-refractivity contribution in [1.29, 1.82) is 0 Å². The fourth-order valence-corrected chi connectivity index (χ4v) is 2.73. The first-order valence-corrected chi connectivity index (χ1v) is 8.14. The van der Waals surface area contributed by atoms with Crippen LogP contribution in [-0.2, 0) is 4.74 Å². The predicted molar refractivity (Wildman–Crippen MR) is 83.5 cm³/mol. The molecular formula is C17H36O2. The van der Waals surface area contributed by atoms with E-state index in [0.29, 0.717) is 0 Å². The monoisotopic (exact) mass is 272 g/mol. The Kier molecular flexibility index (Phi) is 10.6. The molecule has 0 heterocycles. The molecule has 0 radical (unpaired) electrons. The lowest BCUT2D eigenvalue weighted by molar-refractivity contribution is -0.0738. The molecule has 2 heteroatoms. The number of methoxy groups -OCH3 is 1. The van der Waals surface area contributed by atoms with Crippen LogP contribution >= 0.6 is 0 Å². The van der Waals surface area contributed by atoms with Crippen molar-refractivity contribution >= 4 is 0 Å². The fourth-order valence-electron chi connectivity index (χ4n) is 2.73. The van der Waals surface area contributed by atoms with Crippen LogP contribution in [0.25, 0.3) is 0 Å². The van der Waals surface area contributed by atoms with Crippen molar-refractivity contribution in [3.8, 4) is 0 Å². The van der Waals surface area contributed by atoms with E-state index >= 15 is 0 Å². The largest absolute Gasteiger partial charge is 0.390 e. The van der Waals surface area contributed by atoms with Crippen LogP contribution in [-0.4, -0.2) is 24.4 Å². The maximum Gasteiger partial charge on any atom is 0.0878 e. The molecule has 0 aliphatic heterocycles. The SMILES string of the molecule is CCCCCCCCCCC(O)C(OC)C(C)(C)C. The van der Waals surface area contributed by atoms with Gasteiger partial charge in [-0.05, 0) is 11.8 Å². The standard InChI is InChI=1S/C17H36O2/c1-6-7-8-9-10-11-12-13-14-15(18)16(19-5)17(2,3)4/h15-16,18H,6-14H2,1-5H3. The normalized spacial score (nSPS) is 15.5. The molecule has 2 nitrogen and oxygen atoms in total. The molecule has 1 N–H and O–H groups in total. The highest BCUT2D eigenvalue weighted by Crippen LogP contribution is 2.26. The van der Waals surface area contributed by atoms with Crippen LogP contribution in [0, 0.1) is 5.41 Å². The van der Waals surface area contributed by atoms with E-state index in [-0.39, 0.29) is 17.6 Å². The number of hydrogen-bond acceptors (Lipinski definition) is 2. The van der Waals surface area contributed by atoms with E-state index in [1.54, 1.807) is 7.11 Å². The van der Waals surface area contributed by atoms with Gasteiger partial charge in [-0.25, -0.2) is 0 Å². The highest BCUT2D eigenvalue weighted by atomic mass is 16.5. The lowest BCUT2D eigenvalue weighted by Gasteiger charge is -2.33. The van der Waals surface area contributed by atoms with Crippen LogP contribution in [0.1, 0.15) is 85.5 Å². The Balaban J connectivity index is 3.60. The third-order valence-electron chi connectivity index (χ3n) is 3.81. The summed E-state index contributed by atoms with van der Waals surface area (Å²) in [6.45, 7) is 8.62. The Bertz CT molecular complexity index is 196. The van der Waals surface area contributed by atoms with Crippen LogP contribution in [0.2, 0.25) is 0 Å². The van der Waals surface area contributed by atoms with Gasteiger partial charge < -0.3 is 9.84 Å². The number of ether oxygens (including phenoxy) is 1. The van der Waals surface area contributed by atoms with Crippen LogP contribution in [0.3, 0.4) is 0 Å². The zero-order valence-electron chi connectivity index (χ0n) is 13.9. The zero-order chi connectivity index (χ0) is 14.7. The van der Waals surface area contributed by atoms with Gasteiger partial charge >= 0.3 is 0 Å². The first kappa shape index (κ1) is 18.9. The minimum Gasteiger partial charge on any atom is -0.390 e. The number of unbranched alkanes of at least 4 members (excludes halogenated alkanes) is 7. The molecule has 116 valence electrons. The first-order chi connectivity index (χ1) is 8.93. The van der Waals surface area contributed by atoms with Crippen molar-refractivity contribution in [3.05, 3.63) is 0 Å². The van der Waals surface area contributed by atoms with Crippen molar-refractivity contribution in [2.24, 2.45) is 5.41 Å². The molecule has 2 atom stereocenters. The lowest BCUT2D eigenvalue weighted by Crippen LogP contribution is -2.39. The Morgan fingerprint density at radius 2 is 1.37 bits per heavy atom. The van der Waals surface area contributed by atoms with E-state index in [9.17, 15) is 5.11 Å². The molecule has 0 aromatic heterocycles. The van der Waals surface area contributed by atoms with Gasteiger partial charge in [-0.3, -0.25) is 0 Å². The topological polar surface area (TPSA) is 29.5 Å². The molecule has 0 spiro atoms. The highest BCUT2D eigenvalue weighted by molar-refractivity contribution is 4.80. The van der Waals surface area contributed by atoms with E-state index < -0.39 is 0 Å². The van der Waals surface area contributed by atoms with Crippen molar-refractivity contribution in [1.82, 2.24) is 0 Å². The van der Waals surface area contributed by atoms with Crippen LogP contribution in [0.5, 0.6) is 0 Å². The molecule has 0 aliphatic carbocycles. The zero-order valence-corrected chi connectivity index (χ0v) is 13.9. The second kappa shape index (κ2) is 10.7. The molecule has 0 amide bonds. The molecule has 0 saturated carbocycles. The maximum atomic E-state index is 10.2. The van der Waals surface area contributed by atoms with Crippen LogP contribution in [0.15, 0.2) is 0 Å². The second-order valence-corrected chi connectivity index (χ2v) is 6.85. The quantitative estimate of drug-likeness (QED) is 0.540. The molecule has 0 fully saturated rings. The van der Waals surface area contributed by atoms with Gasteiger partial charge in [-0.15, -0.1) is 0 Å². The summed E-state index contributed by atoms with van der Waals surface area (Å²) in [4.78, 5) is 0. The Labute approximate surface area is 120 Å². The summed E-state index contributed by atoms with van der Waals surface area (Å²) in [5.41, 5.74) is 0.00825. The summed E-state index contributed by atoms with van der Waals surface area (Å²) in [5.74, 6) is 0. The molecule has 2 unspecified atom stereocenters. The van der Waals surface area contributed by atoms with E-state index in [2.05, 4.69) is 27.7 Å². The highest BCUT2D eigenvalue weighted by Gasteiger charge is 2.30. The van der Waals surface area contributed by atoms with E-state index in [1.165, 1.54) is 44.9 Å². The average molecular weight is 272 g/mol. The van der Waals surface area contributed by atoms with Gasteiger partial charge in [0.05, 0.1) is 12.2 Å². The molecule has 0 saturated heterocycles. The number of rotatable bonds is 11. The molecule has 0 rings (SSSR count). The minimum atomic E-state index is -0.329. The predicted octanol–water partition coefficient (Wildman–Crippen LogP) is 4.94. The third-order valence-corrected chi connectivity index (χ3v) is 3.81. The van der Waals surface area contributed by atoms with Gasteiger partial charge in [0, 0.05) is 7.11 Å². The summed E-state index contributed by atoms with van der Waals surface area (Å²) >= 11 is 0. The summed E-state index contributed by atoms with van der Waals surface area (Å²) < 4.78 is 5.45. The fraction of sp³-hybridized carbons (Fsp3) is 1.00. The van der Waals surface area contributed by atoms with Crippen molar-refractivity contribution in [2.75, 3.05) is 7.11 Å². The third kappa shape index (κ3) is 9.45. The summed E-state index contributed by atoms with van der Waals surface area (Å²) in [7, 11) is 1.70. The van der Waals surface area contributed by atoms with Gasteiger partial charge in [0.25, 0.3) is 0 Å². The number of aliphatic hydroxyl groups is 1. The molecule has 0 bridgehead atoms. The molecule has 0 aromatic carbocycles. The average Bonchev–Trinajstić information content (AvgIpc) is 2.31. The maximum absolute atomic E-state index is 10.2. The van der Waals surface area contributed by atoms with Crippen molar-refractivity contribution in [2.45, 2.75) is 97.7 Å². The van der Waals surface area contributed by atoms with Gasteiger partial charge in [0.1, 0.15) is 0 Å². The van der Waals surface area contributed by atoms with Crippen molar-refractivity contribution in [3.63, 3.8) is 0 Å². The summed E-state index contributed by atoms with van der Waals surface area (Å²) in [6.07, 6.45) is 10.9. The first-order valence-electron chi connectivity index (χ1n) is 8.14. The van der Waals surface area contributed by atoms with Crippen LogP contribution < -0.4 is 0 Å². The number of hydrogen-bond donors (Lipinski definition) is 1. The van der Waals surface area contributed by atoms with E-state index in [4.69, 9.17) is 4.74 Å². The Hall–Kier alpha value is -0.0800. The lowest BCUT2D eigenvalue weighted by atomic mass is 9.84. The summed E-state index contributed by atoms with van der Waals surface area (Å²) in [6, 6.07) is 0. The smallest absolute Gasteiger partial charge is 0.0878 e. The molecule has 0 aliphatic rings. The molecular weight excluding hydrogens is 236 g/mol. The van der Waals surface area contributed by atoms with Crippen LogP contribution in [0.4, 0.5) is 0 Å². The minimum absolute atomic E-state index is 0.00825. The Morgan fingerprint density at radius 1 is 0.895 bits per heavy atom. The van der Waals surface area contributed by atoms with Crippen molar-refractivity contribution < 1.29 is 9.84 Å². The molecule has 0 aromatic rings. The number of aliphatic hydroxyl groups excluding tert-OH is 1. The summed E-state index contributed by atoms with van der Waals surface area (Å²) in [5, 5.41) is 10.2. The van der Waals surface area contributed by atoms with Gasteiger partial charge in [-0.2, -0.15) is 0 Å². The molecule has 19 heavy (non-hydrogen) atoms.